The number of methoxy groups -OCH3 is 1. The maximum atomic E-state index is 6.34. The molecule has 1 saturated heterocycles. The van der Waals surface area contributed by atoms with Gasteiger partial charge in [0, 0.05) is 44.1 Å². The van der Waals surface area contributed by atoms with E-state index >= 15 is 0 Å². The van der Waals surface area contributed by atoms with Crippen molar-refractivity contribution in [3.05, 3.63) is 47.5 Å². The maximum Gasteiger partial charge on any atom is 0.193 e. The van der Waals surface area contributed by atoms with Crippen LogP contribution in [0, 0.1) is 5.92 Å². The largest absolute Gasteiger partial charge is 0.497 e. The third-order valence-corrected chi connectivity index (χ3v) is 5.63. The summed E-state index contributed by atoms with van der Waals surface area (Å²) in [6.07, 6.45) is 7.77. The molecule has 27 heavy (non-hydrogen) atoms. The van der Waals surface area contributed by atoms with Gasteiger partial charge in [0.15, 0.2) is 5.96 Å². The number of piperidine rings is 1. The maximum absolute atomic E-state index is 6.34. The fourth-order valence-electron chi connectivity index (χ4n) is 3.59. The third-order valence-electron chi connectivity index (χ3n) is 5.28. The van der Waals surface area contributed by atoms with Crippen LogP contribution in [0.15, 0.2) is 41.9 Å². The number of rotatable bonds is 5. The normalized spacial score (nSPS) is 20.6. The summed E-state index contributed by atoms with van der Waals surface area (Å²) in [5.41, 5.74) is 1.10. The number of ether oxygens (including phenoxy) is 1. The molecule has 3 rings (SSSR count). The monoisotopic (exact) mass is 389 g/mol. The first-order chi connectivity index (χ1) is 13.1. The van der Waals surface area contributed by atoms with Crippen LogP contribution >= 0.6 is 11.6 Å². The van der Waals surface area contributed by atoms with E-state index in [0.29, 0.717) is 12.0 Å². The highest BCUT2D eigenvalue weighted by Crippen LogP contribution is 2.27. The summed E-state index contributed by atoms with van der Waals surface area (Å²) < 4.78 is 7.42. The zero-order valence-corrected chi connectivity index (χ0v) is 17.0. The van der Waals surface area contributed by atoms with Gasteiger partial charge in [-0.25, -0.2) is 4.98 Å². The predicted octanol–water partition coefficient (Wildman–Crippen LogP) is 3.25. The minimum atomic E-state index is 0.413. The van der Waals surface area contributed by atoms with Crippen LogP contribution < -0.4 is 10.1 Å². The summed E-state index contributed by atoms with van der Waals surface area (Å²) in [5, 5.41) is 4.22. The molecule has 2 atom stereocenters. The standard InChI is InChI=1S/C20H28ClN5O/c1-15-7-10-25(13-19(15)26-11-9-23-14-26)20(22-2)24-8-6-16-4-5-17(27-3)12-18(16)21/h4-5,9,11-12,14-15,19H,6-8,10,13H2,1-3H3,(H,22,24). The average Bonchev–Trinajstić information content (AvgIpc) is 3.21. The van der Waals surface area contributed by atoms with Gasteiger partial charge in [0.2, 0.25) is 0 Å². The van der Waals surface area contributed by atoms with Crippen LogP contribution in [0.25, 0.3) is 0 Å². The molecule has 146 valence electrons. The number of nitrogens with one attached hydrogen (secondary N) is 1. The van der Waals surface area contributed by atoms with Crippen molar-refractivity contribution >= 4 is 17.6 Å². The average molecular weight is 390 g/mol. The van der Waals surface area contributed by atoms with E-state index in [1.807, 2.05) is 44.0 Å². The molecule has 1 N–H and O–H groups in total. The van der Waals surface area contributed by atoms with E-state index < -0.39 is 0 Å². The minimum Gasteiger partial charge on any atom is -0.497 e. The second kappa shape index (κ2) is 9.13. The van der Waals surface area contributed by atoms with Crippen molar-refractivity contribution in [1.29, 1.82) is 0 Å². The number of aromatic nitrogens is 2. The molecule has 1 aliphatic rings. The molecule has 1 aromatic carbocycles. The van der Waals surface area contributed by atoms with E-state index in [2.05, 4.69) is 31.7 Å². The van der Waals surface area contributed by atoms with Gasteiger partial charge in [0.1, 0.15) is 5.75 Å². The molecule has 1 aromatic heterocycles. The fourth-order valence-corrected chi connectivity index (χ4v) is 3.86. The Balaban J connectivity index is 1.57. The molecule has 2 unspecified atom stereocenters. The summed E-state index contributed by atoms with van der Waals surface area (Å²) in [5.74, 6) is 2.34. The van der Waals surface area contributed by atoms with E-state index in [0.717, 1.165) is 54.8 Å². The second-order valence-electron chi connectivity index (χ2n) is 6.97. The summed E-state index contributed by atoms with van der Waals surface area (Å²) >= 11 is 6.34. The number of guanidine groups is 1. The van der Waals surface area contributed by atoms with E-state index in [-0.39, 0.29) is 0 Å². The molecule has 0 bridgehead atoms. The Morgan fingerprint density at radius 2 is 2.30 bits per heavy atom. The lowest BCUT2D eigenvalue weighted by atomic mass is 9.93. The smallest absolute Gasteiger partial charge is 0.193 e. The van der Waals surface area contributed by atoms with Crippen molar-refractivity contribution in [2.75, 3.05) is 33.8 Å². The van der Waals surface area contributed by atoms with Crippen LogP contribution in [0.5, 0.6) is 5.75 Å². The van der Waals surface area contributed by atoms with Gasteiger partial charge in [-0.1, -0.05) is 24.6 Å². The molecular weight excluding hydrogens is 362 g/mol. The number of likely N-dealkylation sites (tertiary alicyclic amines) is 1. The number of imidazole rings is 1. The Bertz CT molecular complexity index is 762. The Kier molecular flexibility index (Phi) is 6.61. The highest BCUT2D eigenvalue weighted by molar-refractivity contribution is 6.31. The molecule has 7 heteroatoms. The topological polar surface area (TPSA) is 54.7 Å². The van der Waals surface area contributed by atoms with Gasteiger partial charge in [0.25, 0.3) is 0 Å². The number of benzene rings is 1. The van der Waals surface area contributed by atoms with Crippen molar-refractivity contribution in [2.45, 2.75) is 25.8 Å². The van der Waals surface area contributed by atoms with Crippen LogP contribution in [0.4, 0.5) is 0 Å². The predicted molar refractivity (Wildman–Crippen MR) is 110 cm³/mol. The first kappa shape index (κ1) is 19.5. The van der Waals surface area contributed by atoms with Crippen LogP contribution in [0.3, 0.4) is 0 Å². The van der Waals surface area contributed by atoms with Crippen LogP contribution in [0.2, 0.25) is 5.02 Å². The highest BCUT2D eigenvalue weighted by Gasteiger charge is 2.28. The molecule has 2 aromatic rings. The van der Waals surface area contributed by atoms with Gasteiger partial charge in [0.05, 0.1) is 19.5 Å². The molecule has 0 saturated carbocycles. The van der Waals surface area contributed by atoms with Crippen LogP contribution in [-0.2, 0) is 6.42 Å². The van der Waals surface area contributed by atoms with E-state index in [1.165, 1.54) is 0 Å². The number of halogens is 1. The van der Waals surface area contributed by atoms with Gasteiger partial charge in [-0.05, 0) is 36.5 Å². The highest BCUT2D eigenvalue weighted by atomic mass is 35.5. The zero-order chi connectivity index (χ0) is 19.2. The molecule has 6 nitrogen and oxygen atoms in total. The van der Waals surface area contributed by atoms with Crippen LogP contribution in [-0.4, -0.2) is 54.2 Å². The number of aliphatic imine (C=N–C) groups is 1. The van der Waals surface area contributed by atoms with Crippen molar-refractivity contribution in [2.24, 2.45) is 10.9 Å². The lowest BCUT2D eigenvalue weighted by Gasteiger charge is -2.39. The molecular formula is C20H28ClN5O. The van der Waals surface area contributed by atoms with Gasteiger partial charge in [-0.15, -0.1) is 0 Å². The number of hydrogen-bond donors (Lipinski definition) is 1. The van der Waals surface area contributed by atoms with Crippen molar-refractivity contribution in [1.82, 2.24) is 19.8 Å². The van der Waals surface area contributed by atoms with Crippen molar-refractivity contribution in [3.63, 3.8) is 0 Å². The summed E-state index contributed by atoms with van der Waals surface area (Å²) in [7, 11) is 3.49. The van der Waals surface area contributed by atoms with Crippen molar-refractivity contribution < 1.29 is 4.74 Å². The SMILES string of the molecule is CN=C(NCCc1ccc(OC)cc1Cl)N1CCC(C)C(n2ccnc2)C1. The van der Waals surface area contributed by atoms with E-state index in [9.17, 15) is 0 Å². The van der Waals surface area contributed by atoms with Crippen LogP contribution in [0.1, 0.15) is 24.9 Å². The Labute approximate surface area is 166 Å². The quantitative estimate of drug-likeness (QED) is 0.630. The molecule has 0 amide bonds. The zero-order valence-electron chi connectivity index (χ0n) is 16.2. The molecule has 0 aliphatic carbocycles. The Morgan fingerprint density at radius 1 is 1.44 bits per heavy atom. The molecule has 1 fully saturated rings. The minimum absolute atomic E-state index is 0.413. The molecule has 2 heterocycles. The van der Waals surface area contributed by atoms with Gasteiger partial charge in [-0.2, -0.15) is 0 Å². The van der Waals surface area contributed by atoms with E-state index in [1.54, 1.807) is 7.11 Å². The molecule has 1 aliphatic heterocycles. The van der Waals surface area contributed by atoms with Gasteiger partial charge < -0.3 is 19.5 Å². The fraction of sp³-hybridized carbons (Fsp3) is 0.500. The van der Waals surface area contributed by atoms with Gasteiger partial charge in [-0.3, -0.25) is 4.99 Å². The summed E-state index contributed by atoms with van der Waals surface area (Å²) in [4.78, 5) is 11.0. The van der Waals surface area contributed by atoms with Gasteiger partial charge >= 0.3 is 0 Å². The Hall–Kier alpha value is -2.21. The first-order valence-electron chi connectivity index (χ1n) is 9.37. The third kappa shape index (κ3) is 4.75. The molecule has 0 spiro atoms. The molecule has 0 radical (unpaired) electrons. The summed E-state index contributed by atoms with van der Waals surface area (Å²) in [6.45, 7) is 5.03. The lowest BCUT2D eigenvalue weighted by molar-refractivity contribution is 0.189. The van der Waals surface area contributed by atoms with Crippen molar-refractivity contribution in [3.8, 4) is 5.75 Å². The van der Waals surface area contributed by atoms with E-state index in [4.69, 9.17) is 16.3 Å². The number of nitrogens with zero attached hydrogens (tertiary/aromatic N) is 4. The Morgan fingerprint density at radius 3 is 2.96 bits per heavy atom. The lowest BCUT2D eigenvalue weighted by Crippen LogP contribution is -2.49. The number of hydrogen-bond acceptors (Lipinski definition) is 3. The summed E-state index contributed by atoms with van der Waals surface area (Å²) in [6, 6.07) is 6.23. The first-order valence-corrected chi connectivity index (χ1v) is 9.75. The second-order valence-corrected chi connectivity index (χ2v) is 7.38.